The van der Waals surface area contributed by atoms with Gasteiger partial charge in [-0.1, -0.05) is 13.3 Å². The first-order valence-corrected chi connectivity index (χ1v) is 6.26. The first kappa shape index (κ1) is 13.3. The standard InChI is InChI=1S/C14H17N3O2/c1-4-5-12-10(14(18)19)6-7-13(15-12)11-8-17(3)16-9(11)2/h6-8H,4-5H2,1-3H3,(H,18,19). The predicted octanol–water partition coefficient (Wildman–Crippen LogP) is 2.44. The molecule has 0 aromatic carbocycles. The highest BCUT2D eigenvalue weighted by atomic mass is 16.4. The Hall–Kier alpha value is -2.17. The topological polar surface area (TPSA) is 68.0 Å². The molecular weight excluding hydrogens is 242 g/mol. The summed E-state index contributed by atoms with van der Waals surface area (Å²) in [5.74, 6) is -0.926. The second-order valence-electron chi connectivity index (χ2n) is 4.55. The summed E-state index contributed by atoms with van der Waals surface area (Å²) < 4.78 is 1.73. The highest BCUT2D eigenvalue weighted by molar-refractivity contribution is 5.89. The van der Waals surface area contributed by atoms with Crippen LogP contribution in [0, 0.1) is 6.92 Å². The summed E-state index contributed by atoms with van der Waals surface area (Å²) >= 11 is 0. The average molecular weight is 259 g/mol. The third-order valence-corrected chi connectivity index (χ3v) is 2.98. The number of rotatable bonds is 4. The number of aryl methyl sites for hydroxylation is 3. The van der Waals surface area contributed by atoms with E-state index in [1.165, 1.54) is 0 Å². The Morgan fingerprint density at radius 2 is 2.16 bits per heavy atom. The number of hydrogen-bond acceptors (Lipinski definition) is 3. The largest absolute Gasteiger partial charge is 0.478 e. The average Bonchev–Trinajstić information content (AvgIpc) is 2.68. The van der Waals surface area contributed by atoms with Crippen molar-refractivity contribution in [1.29, 1.82) is 0 Å². The third-order valence-electron chi connectivity index (χ3n) is 2.98. The highest BCUT2D eigenvalue weighted by Gasteiger charge is 2.14. The van der Waals surface area contributed by atoms with Gasteiger partial charge in [-0.25, -0.2) is 4.79 Å². The minimum Gasteiger partial charge on any atom is -0.478 e. The van der Waals surface area contributed by atoms with Crippen LogP contribution in [0.3, 0.4) is 0 Å². The zero-order chi connectivity index (χ0) is 14.0. The van der Waals surface area contributed by atoms with Crippen LogP contribution in [0.25, 0.3) is 11.3 Å². The number of aromatic nitrogens is 3. The second kappa shape index (κ2) is 5.22. The lowest BCUT2D eigenvalue weighted by Gasteiger charge is -2.06. The molecule has 0 saturated carbocycles. The molecule has 0 fully saturated rings. The lowest BCUT2D eigenvalue weighted by Crippen LogP contribution is -2.05. The second-order valence-corrected chi connectivity index (χ2v) is 4.55. The Labute approximate surface area is 111 Å². The maximum Gasteiger partial charge on any atom is 0.337 e. The molecule has 2 aromatic rings. The number of carboxylic acid groups (broad SMARTS) is 1. The van der Waals surface area contributed by atoms with Gasteiger partial charge in [-0.3, -0.25) is 9.67 Å². The van der Waals surface area contributed by atoms with Gasteiger partial charge in [0.2, 0.25) is 0 Å². The molecular formula is C14H17N3O2. The van der Waals surface area contributed by atoms with Crippen molar-refractivity contribution in [2.45, 2.75) is 26.7 Å². The van der Waals surface area contributed by atoms with E-state index in [0.29, 0.717) is 12.1 Å². The maximum absolute atomic E-state index is 11.2. The molecule has 0 atom stereocenters. The molecule has 0 unspecified atom stereocenters. The van der Waals surface area contributed by atoms with E-state index in [9.17, 15) is 4.79 Å². The van der Waals surface area contributed by atoms with Gasteiger partial charge in [0.25, 0.3) is 0 Å². The van der Waals surface area contributed by atoms with Crippen LogP contribution in [0.1, 0.15) is 35.1 Å². The van der Waals surface area contributed by atoms with Crippen molar-refractivity contribution in [2.24, 2.45) is 7.05 Å². The van der Waals surface area contributed by atoms with E-state index in [1.807, 2.05) is 27.1 Å². The molecule has 0 spiro atoms. The van der Waals surface area contributed by atoms with Crippen molar-refractivity contribution < 1.29 is 9.90 Å². The van der Waals surface area contributed by atoms with Gasteiger partial charge >= 0.3 is 5.97 Å². The zero-order valence-corrected chi connectivity index (χ0v) is 11.3. The smallest absolute Gasteiger partial charge is 0.337 e. The summed E-state index contributed by atoms with van der Waals surface area (Å²) in [5, 5.41) is 13.4. The summed E-state index contributed by atoms with van der Waals surface area (Å²) in [7, 11) is 1.86. The van der Waals surface area contributed by atoms with Crippen LogP contribution in [0.15, 0.2) is 18.3 Å². The van der Waals surface area contributed by atoms with Crippen LogP contribution < -0.4 is 0 Å². The number of pyridine rings is 1. The van der Waals surface area contributed by atoms with Crippen molar-refractivity contribution in [3.8, 4) is 11.3 Å². The molecule has 5 heteroatoms. The Balaban J connectivity index is 2.51. The molecule has 2 heterocycles. The maximum atomic E-state index is 11.2. The van der Waals surface area contributed by atoms with Gasteiger partial charge in [-0.05, 0) is 25.5 Å². The number of nitrogens with zero attached hydrogens (tertiary/aromatic N) is 3. The molecule has 5 nitrogen and oxygen atoms in total. The monoisotopic (exact) mass is 259 g/mol. The molecule has 0 saturated heterocycles. The van der Waals surface area contributed by atoms with Crippen molar-refractivity contribution in [1.82, 2.24) is 14.8 Å². The molecule has 0 radical (unpaired) electrons. The fourth-order valence-corrected chi connectivity index (χ4v) is 2.12. The van der Waals surface area contributed by atoms with Gasteiger partial charge in [-0.15, -0.1) is 0 Å². The summed E-state index contributed by atoms with van der Waals surface area (Å²) in [4.78, 5) is 15.7. The number of aromatic carboxylic acids is 1. The van der Waals surface area contributed by atoms with Crippen molar-refractivity contribution >= 4 is 5.97 Å². The minimum absolute atomic E-state index is 0.284. The molecule has 0 bridgehead atoms. The third kappa shape index (κ3) is 2.65. The van der Waals surface area contributed by atoms with E-state index < -0.39 is 5.97 Å². The van der Waals surface area contributed by atoms with Gasteiger partial charge < -0.3 is 5.11 Å². The predicted molar refractivity (Wildman–Crippen MR) is 72.1 cm³/mol. The molecule has 0 aliphatic heterocycles. The molecule has 0 aliphatic rings. The highest BCUT2D eigenvalue weighted by Crippen LogP contribution is 2.22. The lowest BCUT2D eigenvalue weighted by molar-refractivity contribution is 0.0695. The van der Waals surface area contributed by atoms with Crippen LogP contribution in [-0.2, 0) is 13.5 Å². The molecule has 100 valence electrons. The molecule has 0 amide bonds. The van der Waals surface area contributed by atoms with Crippen molar-refractivity contribution in [2.75, 3.05) is 0 Å². The van der Waals surface area contributed by atoms with Gasteiger partial charge in [-0.2, -0.15) is 5.10 Å². The number of hydrogen-bond donors (Lipinski definition) is 1. The fourth-order valence-electron chi connectivity index (χ4n) is 2.12. The van der Waals surface area contributed by atoms with Gasteiger partial charge in [0.05, 0.1) is 22.6 Å². The lowest BCUT2D eigenvalue weighted by atomic mass is 10.1. The first-order valence-electron chi connectivity index (χ1n) is 6.26. The van der Waals surface area contributed by atoms with E-state index in [0.717, 1.165) is 23.4 Å². The summed E-state index contributed by atoms with van der Waals surface area (Å²) in [6.07, 6.45) is 3.42. The van der Waals surface area contributed by atoms with Gasteiger partial charge in [0.1, 0.15) is 0 Å². The van der Waals surface area contributed by atoms with Crippen LogP contribution in [0.5, 0.6) is 0 Å². The Morgan fingerprint density at radius 1 is 1.42 bits per heavy atom. The molecule has 19 heavy (non-hydrogen) atoms. The quantitative estimate of drug-likeness (QED) is 0.915. The van der Waals surface area contributed by atoms with Crippen LogP contribution in [0.4, 0.5) is 0 Å². The van der Waals surface area contributed by atoms with E-state index in [2.05, 4.69) is 10.1 Å². The summed E-state index contributed by atoms with van der Waals surface area (Å²) in [6, 6.07) is 3.37. The van der Waals surface area contributed by atoms with Crippen LogP contribution in [-0.4, -0.2) is 25.8 Å². The minimum atomic E-state index is -0.926. The van der Waals surface area contributed by atoms with Gasteiger partial charge in [0.15, 0.2) is 0 Å². The Morgan fingerprint density at radius 3 is 2.68 bits per heavy atom. The summed E-state index contributed by atoms with van der Waals surface area (Å²) in [6.45, 7) is 3.93. The molecule has 0 aliphatic carbocycles. The first-order chi connectivity index (χ1) is 9.02. The Bertz CT molecular complexity index is 617. The number of carbonyl (C=O) groups is 1. The zero-order valence-electron chi connectivity index (χ0n) is 11.3. The van der Waals surface area contributed by atoms with Gasteiger partial charge in [0, 0.05) is 18.8 Å². The fraction of sp³-hybridized carbons (Fsp3) is 0.357. The van der Waals surface area contributed by atoms with E-state index in [1.54, 1.807) is 16.8 Å². The van der Waals surface area contributed by atoms with Crippen molar-refractivity contribution in [3.63, 3.8) is 0 Å². The van der Waals surface area contributed by atoms with Crippen molar-refractivity contribution in [3.05, 3.63) is 35.3 Å². The van der Waals surface area contributed by atoms with E-state index in [4.69, 9.17) is 5.11 Å². The van der Waals surface area contributed by atoms with Crippen LogP contribution in [0.2, 0.25) is 0 Å². The Kier molecular flexibility index (Phi) is 3.64. The number of carboxylic acids is 1. The molecule has 2 aromatic heterocycles. The van der Waals surface area contributed by atoms with E-state index >= 15 is 0 Å². The summed E-state index contributed by atoms with van der Waals surface area (Å²) in [5.41, 5.74) is 3.53. The molecule has 2 rings (SSSR count). The van der Waals surface area contributed by atoms with Crippen LogP contribution >= 0.6 is 0 Å². The van der Waals surface area contributed by atoms with E-state index in [-0.39, 0.29) is 5.56 Å². The normalized spacial score (nSPS) is 10.7. The molecule has 1 N–H and O–H groups in total. The SMILES string of the molecule is CCCc1nc(-c2cn(C)nc2C)ccc1C(=O)O.